The van der Waals surface area contributed by atoms with Crippen LogP contribution in [0.1, 0.15) is 0 Å². The summed E-state index contributed by atoms with van der Waals surface area (Å²) >= 11 is 0. The molecule has 0 aliphatic rings. The number of para-hydroxylation sites is 1. The van der Waals surface area contributed by atoms with E-state index < -0.39 is 0 Å². The van der Waals surface area contributed by atoms with Gasteiger partial charge in [0.05, 0.1) is 16.7 Å². The molecule has 2 nitrogen and oxygen atoms in total. The van der Waals surface area contributed by atoms with Crippen LogP contribution in [0.2, 0.25) is 0 Å². The minimum Gasteiger partial charge on any atom is -0.256 e. The first-order valence-corrected chi connectivity index (χ1v) is 17.0. The summed E-state index contributed by atoms with van der Waals surface area (Å²) in [5.74, 6) is 0. The van der Waals surface area contributed by atoms with Crippen molar-refractivity contribution >= 4 is 21.8 Å². The minimum atomic E-state index is 0.952. The Morgan fingerprint density at radius 3 is 1.50 bits per heavy atom. The van der Waals surface area contributed by atoms with Crippen molar-refractivity contribution in [2.45, 2.75) is 0 Å². The third kappa shape index (κ3) is 5.63. The van der Waals surface area contributed by atoms with Gasteiger partial charge in [0.25, 0.3) is 0 Å². The van der Waals surface area contributed by atoms with E-state index in [9.17, 15) is 0 Å². The predicted octanol–water partition coefficient (Wildman–Crippen LogP) is 12.8. The Balaban J connectivity index is 1.19. The van der Waals surface area contributed by atoms with Crippen molar-refractivity contribution in [2.24, 2.45) is 0 Å². The summed E-state index contributed by atoms with van der Waals surface area (Å²) < 4.78 is 0. The molecule has 0 N–H and O–H groups in total. The van der Waals surface area contributed by atoms with Gasteiger partial charge in [-0.25, -0.2) is 4.98 Å². The maximum atomic E-state index is 5.26. The summed E-state index contributed by atoms with van der Waals surface area (Å²) in [5.41, 5.74) is 15.8. The first-order chi connectivity index (χ1) is 24.8. The number of aromatic nitrogens is 2. The number of nitrogens with zero attached hydrogens (tertiary/aromatic N) is 2. The highest BCUT2D eigenvalue weighted by Crippen LogP contribution is 2.38. The highest BCUT2D eigenvalue weighted by molar-refractivity contribution is 6.00. The van der Waals surface area contributed by atoms with Gasteiger partial charge in [0, 0.05) is 22.5 Å². The van der Waals surface area contributed by atoms with Crippen molar-refractivity contribution in [3.63, 3.8) is 0 Å². The van der Waals surface area contributed by atoms with Gasteiger partial charge in [0.1, 0.15) is 0 Å². The van der Waals surface area contributed by atoms with Gasteiger partial charge in [-0.1, -0.05) is 146 Å². The van der Waals surface area contributed by atoms with Crippen LogP contribution in [-0.4, -0.2) is 9.97 Å². The van der Waals surface area contributed by atoms with Crippen LogP contribution in [0.15, 0.2) is 194 Å². The van der Waals surface area contributed by atoms with Crippen molar-refractivity contribution in [3.05, 3.63) is 194 Å². The molecule has 234 valence electrons. The first kappa shape index (κ1) is 29.5. The fourth-order valence-electron chi connectivity index (χ4n) is 6.97. The molecule has 0 aliphatic carbocycles. The fraction of sp³-hybridized carbons (Fsp3) is 0. The Morgan fingerprint density at radius 2 is 0.800 bits per heavy atom. The minimum absolute atomic E-state index is 0.952. The van der Waals surface area contributed by atoms with E-state index in [4.69, 9.17) is 4.98 Å². The Labute approximate surface area is 292 Å². The largest absolute Gasteiger partial charge is 0.256 e. The number of hydrogen-bond acceptors (Lipinski definition) is 2. The van der Waals surface area contributed by atoms with Gasteiger partial charge in [0.15, 0.2) is 0 Å². The molecule has 50 heavy (non-hydrogen) atoms. The van der Waals surface area contributed by atoms with Crippen LogP contribution in [0.4, 0.5) is 0 Å². The van der Waals surface area contributed by atoms with E-state index in [1.807, 2.05) is 12.3 Å². The molecular formula is C48H32N2. The van der Waals surface area contributed by atoms with Crippen LogP contribution >= 0.6 is 0 Å². The topological polar surface area (TPSA) is 25.8 Å². The summed E-state index contributed by atoms with van der Waals surface area (Å²) in [6.45, 7) is 0. The lowest BCUT2D eigenvalue weighted by atomic mass is 9.92. The van der Waals surface area contributed by atoms with E-state index in [1.54, 1.807) is 0 Å². The molecule has 0 bridgehead atoms. The van der Waals surface area contributed by atoms with Crippen LogP contribution in [-0.2, 0) is 0 Å². The average Bonchev–Trinajstić information content (AvgIpc) is 3.21. The molecule has 0 fully saturated rings. The number of pyridine rings is 2. The number of benzene rings is 7. The first-order valence-electron chi connectivity index (χ1n) is 17.0. The van der Waals surface area contributed by atoms with E-state index in [1.165, 1.54) is 38.9 Å². The standard InChI is InChI=1S/C48H32N2/c1-3-11-33(12-4-1)37-15-9-17-39(29-37)40-25-26-47-45(31-40)44(32-48(50-47)41-18-10-16-38(30-41)34-13-5-2-6-14-34)36-23-21-35(22-24-36)42-27-28-49-46-20-8-7-19-43(42)46/h1-32H. The van der Waals surface area contributed by atoms with E-state index in [2.05, 4.69) is 187 Å². The summed E-state index contributed by atoms with van der Waals surface area (Å²) in [4.78, 5) is 9.84. The van der Waals surface area contributed by atoms with E-state index in [-0.39, 0.29) is 0 Å². The number of rotatable bonds is 6. The van der Waals surface area contributed by atoms with Crippen molar-refractivity contribution in [3.8, 4) is 66.9 Å². The Bertz CT molecular complexity index is 2620. The molecule has 2 heteroatoms. The molecule has 2 heterocycles. The lowest BCUT2D eigenvalue weighted by molar-refractivity contribution is 1.39. The molecule has 0 aliphatic heterocycles. The highest BCUT2D eigenvalue weighted by atomic mass is 14.7. The van der Waals surface area contributed by atoms with Crippen LogP contribution < -0.4 is 0 Å². The smallest absolute Gasteiger partial charge is 0.0716 e. The molecular weight excluding hydrogens is 605 g/mol. The third-order valence-electron chi connectivity index (χ3n) is 9.53. The van der Waals surface area contributed by atoms with E-state index in [0.717, 1.165) is 49.8 Å². The summed E-state index contributed by atoms with van der Waals surface area (Å²) in [6.07, 6.45) is 1.89. The van der Waals surface area contributed by atoms with Gasteiger partial charge in [-0.2, -0.15) is 0 Å². The summed E-state index contributed by atoms with van der Waals surface area (Å²) in [6, 6.07) is 66.9. The highest BCUT2D eigenvalue weighted by Gasteiger charge is 2.14. The van der Waals surface area contributed by atoms with Crippen LogP contribution in [0.5, 0.6) is 0 Å². The molecule has 0 atom stereocenters. The van der Waals surface area contributed by atoms with Crippen LogP contribution in [0, 0.1) is 0 Å². The second-order valence-corrected chi connectivity index (χ2v) is 12.6. The number of hydrogen-bond donors (Lipinski definition) is 0. The molecule has 9 rings (SSSR count). The van der Waals surface area contributed by atoms with Crippen LogP contribution in [0.25, 0.3) is 88.7 Å². The van der Waals surface area contributed by atoms with Crippen LogP contribution in [0.3, 0.4) is 0 Å². The quantitative estimate of drug-likeness (QED) is 0.181. The van der Waals surface area contributed by atoms with Gasteiger partial charge in [-0.15, -0.1) is 0 Å². The second kappa shape index (κ2) is 12.8. The van der Waals surface area contributed by atoms with Crippen molar-refractivity contribution in [1.82, 2.24) is 9.97 Å². The molecule has 0 amide bonds. The zero-order valence-corrected chi connectivity index (χ0v) is 27.4. The lowest BCUT2D eigenvalue weighted by Gasteiger charge is -2.14. The predicted molar refractivity (Wildman–Crippen MR) is 210 cm³/mol. The SMILES string of the molecule is c1ccc(-c2cccc(-c3ccc4nc(-c5cccc(-c6ccccc6)c5)cc(-c5ccc(-c6ccnc7ccccc67)cc5)c4c3)c2)cc1. The maximum Gasteiger partial charge on any atom is 0.0716 e. The molecule has 9 aromatic rings. The molecule has 2 aromatic heterocycles. The second-order valence-electron chi connectivity index (χ2n) is 12.6. The monoisotopic (exact) mass is 636 g/mol. The zero-order chi connectivity index (χ0) is 33.3. The summed E-state index contributed by atoms with van der Waals surface area (Å²) in [7, 11) is 0. The lowest BCUT2D eigenvalue weighted by Crippen LogP contribution is -1.92. The van der Waals surface area contributed by atoms with E-state index >= 15 is 0 Å². The van der Waals surface area contributed by atoms with Gasteiger partial charge in [-0.3, -0.25) is 4.98 Å². The molecule has 0 spiro atoms. The summed E-state index contributed by atoms with van der Waals surface area (Å²) in [5, 5.41) is 2.28. The maximum absolute atomic E-state index is 5.26. The van der Waals surface area contributed by atoms with Crippen molar-refractivity contribution in [1.29, 1.82) is 0 Å². The zero-order valence-electron chi connectivity index (χ0n) is 27.4. The molecule has 0 saturated carbocycles. The van der Waals surface area contributed by atoms with Gasteiger partial charge < -0.3 is 0 Å². The van der Waals surface area contributed by atoms with Crippen molar-refractivity contribution in [2.75, 3.05) is 0 Å². The fourth-order valence-corrected chi connectivity index (χ4v) is 6.97. The Kier molecular flexibility index (Phi) is 7.53. The van der Waals surface area contributed by atoms with Gasteiger partial charge >= 0.3 is 0 Å². The average molecular weight is 637 g/mol. The number of fused-ring (bicyclic) bond motifs is 2. The Hall–Kier alpha value is -6.64. The van der Waals surface area contributed by atoms with Gasteiger partial charge in [0.2, 0.25) is 0 Å². The van der Waals surface area contributed by atoms with Gasteiger partial charge in [-0.05, 0) is 98.1 Å². The normalized spacial score (nSPS) is 11.2. The van der Waals surface area contributed by atoms with E-state index in [0.29, 0.717) is 0 Å². The Morgan fingerprint density at radius 1 is 0.280 bits per heavy atom. The van der Waals surface area contributed by atoms with Crippen molar-refractivity contribution < 1.29 is 0 Å². The molecule has 0 saturated heterocycles. The molecule has 0 radical (unpaired) electrons. The molecule has 0 unspecified atom stereocenters. The molecule has 7 aromatic carbocycles. The third-order valence-corrected chi connectivity index (χ3v) is 9.53.